The minimum atomic E-state index is -0.542. The van der Waals surface area contributed by atoms with Gasteiger partial charge in [-0.1, -0.05) is 0 Å². The number of rotatable bonds is 4. The number of pyridine rings is 1. The van der Waals surface area contributed by atoms with Gasteiger partial charge in [-0.05, 0) is 25.1 Å². The molecular formula is C15H13N5O4. The summed E-state index contributed by atoms with van der Waals surface area (Å²) in [5.74, 6) is 0.600. The lowest BCUT2D eigenvalue weighted by Gasteiger charge is -2.10. The maximum absolute atomic E-state index is 12.4. The van der Waals surface area contributed by atoms with E-state index in [0.29, 0.717) is 22.8 Å². The lowest BCUT2D eigenvalue weighted by Crippen LogP contribution is -2.13. The molecule has 0 unspecified atom stereocenters. The quantitative estimate of drug-likeness (QED) is 0.581. The van der Waals surface area contributed by atoms with Gasteiger partial charge < -0.3 is 10.1 Å². The van der Waals surface area contributed by atoms with E-state index < -0.39 is 10.8 Å². The summed E-state index contributed by atoms with van der Waals surface area (Å²) in [7, 11) is 1.42. The van der Waals surface area contributed by atoms with E-state index in [-0.39, 0.29) is 11.4 Å². The summed E-state index contributed by atoms with van der Waals surface area (Å²) < 4.78 is 6.87. The maximum atomic E-state index is 12.4. The molecule has 0 aliphatic rings. The van der Waals surface area contributed by atoms with Gasteiger partial charge in [0.05, 0.1) is 17.7 Å². The van der Waals surface area contributed by atoms with Gasteiger partial charge in [0.25, 0.3) is 11.6 Å². The lowest BCUT2D eigenvalue weighted by atomic mass is 10.2. The molecule has 9 nitrogen and oxygen atoms in total. The summed E-state index contributed by atoms with van der Waals surface area (Å²) in [6.07, 6.45) is 1.68. The zero-order chi connectivity index (χ0) is 17.3. The number of anilines is 1. The first-order valence-electron chi connectivity index (χ1n) is 6.95. The Balaban J connectivity index is 1.92. The number of nitrogens with zero attached hydrogens (tertiary/aromatic N) is 4. The van der Waals surface area contributed by atoms with E-state index in [4.69, 9.17) is 4.74 Å². The monoisotopic (exact) mass is 327 g/mol. The van der Waals surface area contributed by atoms with E-state index in [1.807, 2.05) is 0 Å². The standard InChI is InChI=1S/C15H13N5O4/c1-9-17-18-14-7-10(5-6-19(9)14)15(21)16-12-8-11(20(22)23)3-4-13(12)24-2/h3-8H,1-2H3,(H,16,21). The van der Waals surface area contributed by atoms with Crippen LogP contribution in [0.3, 0.4) is 0 Å². The number of amides is 1. The summed E-state index contributed by atoms with van der Waals surface area (Å²) in [5, 5.41) is 21.4. The van der Waals surface area contributed by atoms with Crippen molar-refractivity contribution in [2.75, 3.05) is 12.4 Å². The number of nitro groups is 1. The minimum absolute atomic E-state index is 0.144. The average molecular weight is 327 g/mol. The second-order valence-corrected chi connectivity index (χ2v) is 4.99. The van der Waals surface area contributed by atoms with Crippen molar-refractivity contribution in [3.63, 3.8) is 0 Å². The Kier molecular flexibility index (Phi) is 3.82. The van der Waals surface area contributed by atoms with Crippen LogP contribution in [0.1, 0.15) is 16.2 Å². The number of aromatic nitrogens is 3. The van der Waals surface area contributed by atoms with E-state index in [9.17, 15) is 14.9 Å². The Morgan fingerprint density at radius 2 is 2.08 bits per heavy atom. The van der Waals surface area contributed by atoms with Crippen LogP contribution >= 0.6 is 0 Å². The van der Waals surface area contributed by atoms with E-state index in [2.05, 4.69) is 15.5 Å². The first-order valence-corrected chi connectivity index (χ1v) is 6.95. The zero-order valence-electron chi connectivity index (χ0n) is 12.9. The van der Waals surface area contributed by atoms with E-state index in [1.165, 1.54) is 25.3 Å². The molecule has 0 saturated heterocycles. The van der Waals surface area contributed by atoms with Crippen LogP contribution in [-0.2, 0) is 0 Å². The molecule has 1 amide bonds. The molecule has 0 atom stereocenters. The van der Waals surface area contributed by atoms with Crippen molar-refractivity contribution >= 4 is 22.9 Å². The van der Waals surface area contributed by atoms with Crippen molar-refractivity contribution in [1.29, 1.82) is 0 Å². The highest BCUT2D eigenvalue weighted by atomic mass is 16.6. The van der Waals surface area contributed by atoms with Crippen molar-refractivity contribution in [1.82, 2.24) is 14.6 Å². The van der Waals surface area contributed by atoms with Crippen LogP contribution in [0, 0.1) is 17.0 Å². The summed E-state index contributed by atoms with van der Waals surface area (Å²) in [6.45, 7) is 1.80. The second kappa shape index (κ2) is 5.95. The molecule has 9 heteroatoms. The predicted octanol–water partition coefficient (Wildman–Crippen LogP) is 2.21. The molecule has 3 rings (SSSR count). The third-order valence-corrected chi connectivity index (χ3v) is 3.48. The number of nitro benzene ring substituents is 1. The fourth-order valence-corrected chi connectivity index (χ4v) is 2.25. The van der Waals surface area contributed by atoms with Crippen molar-refractivity contribution in [3.8, 4) is 5.75 Å². The Bertz CT molecular complexity index is 950. The Labute approximate surface area is 136 Å². The van der Waals surface area contributed by atoms with Crippen LogP contribution < -0.4 is 10.1 Å². The van der Waals surface area contributed by atoms with Gasteiger partial charge in [-0.3, -0.25) is 19.3 Å². The second-order valence-electron chi connectivity index (χ2n) is 4.99. The van der Waals surface area contributed by atoms with Crippen molar-refractivity contribution in [2.45, 2.75) is 6.92 Å². The number of carbonyl (C=O) groups is 1. The first kappa shape index (κ1) is 15.4. The molecule has 0 radical (unpaired) electrons. The van der Waals surface area contributed by atoms with Gasteiger partial charge in [-0.15, -0.1) is 10.2 Å². The molecule has 0 fully saturated rings. The van der Waals surface area contributed by atoms with Gasteiger partial charge in [0, 0.05) is 23.9 Å². The lowest BCUT2D eigenvalue weighted by molar-refractivity contribution is -0.384. The number of non-ortho nitro benzene ring substituents is 1. The molecule has 0 aliphatic carbocycles. The Morgan fingerprint density at radius 3 is 2.79 bits per heavy atom. The molecule has 2 aromatic heterocycles. The Morgan fingerprint density at radius 1 is 1.29 bits per heavy atom. The fraction of sp³-hybridized carbons (Fsp3) is 0.133. The van der Waals surface area contributed by atoms with Crippen LogP contribution in [0.25, 0.3) is 5.65 Å². The topological polar surface area (TPSA) is 112 Å². The van der Waals surface area contributed by atoms with Crippen molar-refractivity contribution < 1.29 is 14.5 Å². The van der Waals surface area contributed by atoms with Gasteiger partial charge >= 0.3 is 0 Å². The summed E-state index contributed by atoms with van der Waals surface area (Å²) in [4.78, 5) is 22.8. The maximum Gasteiger partial charge on any atom is 0.271 e. The summed E-state index contributed by atoms with van der Waals surface area (Å²) >= 11 is 0. The van der Waals surface area contributed by atoms with E-state index >= 15 is 0 Å². The molecule has 24 heavy (non-hydrogen) atoms. The number of ether oxygens (including phenoxy) is 1. The van der Waals surface area contributed by atoms with Gasteiger partial charge in [0.2, 0.25) is 0 Å². The zero-order valence-corrected chi connectivity index (χ0v) is 12.9. The summed E-state index contributed by atoms with van der Waals surface area (Å²) in [6, 6.07) is 7.18. The van der Waals surface area contributed by atoms with Gasteiger partial charge in [0.1, 0.15) is 11.6 Å². The third-order valence-electron chi connectivity index (χ3n) is 3.48. The highest BCUT2D eigenvalue weighted by Crippen LogP contribution is 2.29. The van der Waals surface area contributed by atoms with Crippen LogP contribution in [0.2, 0.25) is 0 Å². The molecule has 0 spiro atoms. The Hall–Kier alpha value is -3.49. The van der Waals surface area contributed by atoms with Gasteiger partial charge in [-0.25, -0.2) is 0 Å². The number of methoxy groups -OCH3 is 1. The van der Waals surface area contributed by atoms with Crippen molar-refractivity contribution in [3.05, 3.63) is 58.0 Å². The number of fused-ring (bicyclic) bond motifs is 1. The normalized spacial score (nSPS) is 10.6. The smallest absolute Gasteiger partial charge is 0.271 e. The largest absolute Gasteiger partial charge is 0.495 e. The molecule has 3 aromatic rings. The number of benzene rings is 1. The molecule has 122 valence electrons. The van der Waals surface area contributed by atoms with Gasteiger partial charge in [0.15, 0.2) is 5.65 Å². The van der Waals surface area contributed by atoms with Crippen LogP contribution in [0.4, 0.5) is 11.4 Å². The number of carbonyl (C=O) groups excluding carboxylic acids is 1. The summed E-state index contributed by atoms with van der Waals surface area (Å²) in [5.41, 5.74) is 0.957. The minimum Gasteiger partial charge on any atom is -0.495 e. The first-order chi connectivity index (χ1) is 11.5. The molecular weight excluding hydrogens is 314 g/mol. The predicted molar refractivity (Wildman–Crippen MR) is 85.3 cm³/mol. The molecule has 0 aliphatic heterocycles. The third kappa shape index (κ3) is 2.74. The highest BCUT2D eigenvalue weighted by Gasteiger charge is 2.15. The van der Waals surface area contributed by atoms with Crippen LogP contribution in [0.15, 0.2) is 36.5 Å². The number of hydrogen-bond acceptors (Lipinski definition) is 6. The van der Waals surface area contributed by atoms with Crippen LogP contribution in [-0.4, -0.2) is 32.5 Å². The average Bonchev–Trinajstić information content (AvgIpc) is 2.95. The molecule has 1 N–H and O–H groups in total. The fourth-order valence-electron chi connectivity index (χ4n) is 2.25. The number of nitrogens with one attached hydrogen (secondary N) is 1. The van der Waals surface area contributed by atoms with Gasteiger partial charge in [-0.2, -0.15) is 0 Å². The molecule has 0 bridgehead atoms. The molecule has 2 heterocycles. The number of hydrogen-bond donors (Lipinski definition) is 1. The molecule has 1 aromatic carbocycles. The van der Waals surface area contributed by atoms with Crippen LogP contribution in [0.5, 0.6) is 5.75 Å². The SMILES string of the molecule is COc1ccc([N+](=O)[O-])cc1NC(=O)c1ccn2c(C)nnc2c1. The van der Waals surface area contributed by atoms with E-state index in [1.54, 1.807) is 29.7 Å². The number of aryl methyl sites for hydroxylation is 1. The van der Waals surface area contributed by atoms with E-state index in [0.717, 1.165) is 0 Å². The highest BCUT2D eigenvalue weighted by molar-refractivity contribution is 6.05. The molecule has 0 saturated carbocycles. The van der Waals surface area contributed by atoms with Crippen molar-refractivity contribution in [2.24, 2.45) is 0 Å².